The van der Waals surface area contributed by atoms with E-state index in [0.717, 1.165) is 12.1 Å². The van der Waals surface area contributed by atoms with E-state index in [1.165, 1.54) is 24.3 Å². The molecule has 2 aromatic carbocycles. The number of rotatable bonds is 6. The standard InChI is InChI=1S/C26H28O15/c27-10-3-1-9(2-4-10)23-24(19(33)16-12(29)5-11(28)6-14(16)39-23)41-26-22(36)20(34)18(32)15(40-26)8-38-25-21(35)17(31)13(30)7-37-25/h1-6,13,15,17-18,20-22,25-32,34-36H,7-8H2/t13-,15+,17+,18+,20-,21+,22+,25-,26-/m0/s1. The predicted molar refractivity (Wildman–Crippen MR) is 134 cm³/mol. The van der Waals surface area contributed by atoms with E-state index in [1.54, 1.807) is 0 Å². The zero-order valence-electron chi connectivity index (χ0n) is 21.0. The van der Waals surface area contributed by atoms with Crippen LogP contribution < -0.4 is 10.2 Å². The Bertz CT molecular complexity index is 1440. The average molecular weight is 580 g/mol. The highest BCUT2D eigenvalue weighted by atomic mass is 16.7. The van der Waals surface area contributed by atoms with Crippen LogP contribution in [0.3, 0.4) is 0 Å². The summed E-state index contributed by atoms with van der Waals surface area (Å²) in [7, 11) is 0. The van der Waals surface area contributed by atoms with E-state index in [1.807, 2.05) is 0 Å². The summed E-state index contributed by atoms with van der Waals surface area (Å²) in [5.41, 5.74) is -0.954. The molecule has 2 saturated heterocycles. The lowest BCUT2D eigenvalue weighted by atomic mass is 9.99. The van der Waals surface area contributed by atoms with Gasteiger partial charge in [0.05, 0.1) is 13.2 Å². The quantitative estimate of drug-likeness (QED) is 0.156. The smallest absolute Gasteiger partial charge is 0.239 e. The summed E-state index contributed by atoms with van der Waals surface area (Å²) in [6.45, 7) is -0.918. The SMILES string of the molecule is O=c1c(O[C@@H]2O[C@H](CO[C@@H]3OC[C@H](O)[C@@H](O)[C@H]3O)[C@@H](O)[C@H](O)[C@H]2O)c(-c2ccc(O)cc2)oc2cc(O)cc(O)c12. The minimum absolute atomic E-state index is 0.102. The van der Waals surface area contributed by atoms with Crippen molar-refractivity contribution in [2.24, 2.45) is 0 Å². The van der Waals surface area contributed by atoms with Gasteiger partial charge in [0.25, 0.3) is 0 Å². The second-order valence-corrected chi connectivity index (χ2v) is 9.69. The summed E-state index contributed by atoms with van der Waals surface area (Å²) >= 11 is 0. The zero-order chi connectivity index (χ0) is 29.6. The molecular formula is C26H28O15. The molecule has 0 aliphatic carbocycles. The Morgan fingerprint density at radius 3 is 2.20 bits per heavy atom. The van der Waals surface area contributed by atoms with Crippen molar-refractivity contribution in [3.63, 3.8) is 0 Å². The van der Waals surface area contributed by atoms with E-state index in [2.05, 4.69) is 0 Å². The van der Waals surface area contributed by atoms with Crippen molar-refractivity contribution in [3.05, 3.63) is 46.6 Å². The second kappa shape index (κ2) is 11.4. The molecule has 41 heavy (non-hydrogen) atoms. The molecule has 0 radical (unpaired) electrons. The third-order valence-corrected chi connectivity index (χ3v) is 6.83. The molecule has 0 saturated carbocycles. The summed E-state index contributed by atoms with van der Waals surface area (Å²) in [5, 5.41) is 90.6. The van der Waals surface area contributed by atoms with Crippen LogP contribution in [-0.2, 0) is 14.2 Å². The fourth-order valence-electron chi connectivity index (χ4n) is 4.56. The van der Waals surface area contributed by atoms with Gasteiger partial charge in [0.2, 0.25) is 17.5 Å². The number of hydrogen-bond donors (Lipinski definition) is 9. The number of phenolic OH excluding ortho intramolecular Hbond substituents is 3. The fraction of sp³-hybridized carbons (Fsp3) is 0.423. The minimum atomic E-state index is -1.91. The van der Waals surface area contributed by atoms with Crippen LogP contribution in [0, 0.1) is 0 Å². The highest BCUT2D eigenvalue weighted by Gasteiger charge is 2.47. The van der Waals surface area contributed by atoms with Crippen LogP contribution in [0.15, 0.2) is 45.6 Å². The monoisotopic (exact) mass is 580 g/mol. The third-order valence-electron chi connectivity index (χ3n) is 6.83. The fourth-order valence-corrected chi connectivity index (χ4v) is 4.56. The van der Waals surface area contributed by atoms with Crippen LogP contribution in [0.2, 0.25) is 0 Å². The number of benzene rings is 2. The molecule has 2 aliphatic heterocycles. The number of fused-ring (bicyclic) bond motifs is 1. The Labute approximate surface area is 230 Å². The largest absolute Gasteiger partial charge is 0.508 e. The summed E-state index contributed by atoms with van der Waals surface area (Å²) < 4.78 is 27.6. The van der Waals surface area contributed by atoms with Crippen molar-refractivity contribution in [1.29, 1.82) is 0 Å². The summed E-state index contributed by atoms with van der Waals surface area (Å²) in [6.07, 6.45) is -14.8. The van der Waals surface area contributed by atoms with Gasteiger partial charge in [-0.3, -0.25) is 4.79 Å². The molecule has 9 atom stereocenters. The number of aliphatic hydroxyl groups is 6. The van der Waals surface area contributed by atoms with Gasteiger partial charge in [-0.25, -0.2) is 0 Å². The molecule has 9 N–H and O–H groups in total. The molecule has 1 aromatic heterocycles. The van der Waals surface area contributed by atoms with E-state index in [0.29, 0.717) is 0 Å². The van der Waals surface area contributed by atoms with Gasteiger partial charge < -0.3 is 69.3 Å². The van der Waals surface area contributed by atoms with Crippen molar-refractivity contribution >= 4 is 11.0 Å². The summed E-state index contributed by atoms with van der Waals surface area (Å²) in [6, 6.07) is 7.33. The van der Waals surface area contributed by atoms with Gasteiger partial charge in [0.1, 0.15) is 70.9 Å². The lowest BCUT2D eigenvalue weighted by Gasteiger charge is -2.41. The van der Waals surface area contributed by atoms with Crippen molar-refractivity contribution in [3.8, 4) is 34.3 Å². The van der Waals surface area contributed by atoms with Gasteiger partial charge in [-0.05, 0) is 24.3 Å². The van der Waals surface area contributed by atoms with E-state index in [9.17, 15) is 50.8 Å². The van der Waals surface area contributed by atoms with E-state index in [-0.39, 0.29) is 34.6 Å². The van der Waals surface area contributed by atoms with Gasteiger partial charge in [-0.2, -0.15) is 0 Å². The number of hydrogen-bond acceptors (Lipinski definition) is 15. The molecule has 0 amide bonds. The molecule has 3 aromatic rings. The molecule has 0 spiro atoms. The highest BCUT2D eigenvalue weighted by molar-refractivity contribution is 5.88. The van der Waals surface area contributed by atoms with Gasteiger partial charge in [-0.1, -0.05) is 0 Å². The first-order chi connectivity index (χ1) is 19.5. The number of phenols is 3. The van der Waals surface area contributed by atoms with Gasteiger partial charge in [0.15, 0.2) is 12.1 Å². The Hall–Kier alpha value is -3.51. The maximum absolute atomic E-state index is 13.5. The molecule has 222 valence electrons. The lowest BCUT2D eigenvalue weighted by Crippen LogP contribution is -2.61. The number of aromatic hydroxyl groups is 3. The summed E-state index contributed by atoms with van der Waals surface area (Å²) in [5.74, 6) is -1.97. The maximum Gasteiger partial charge on any atom is 0.239 e. The molecule has 2 aliphatic rings. The lowest BCUT2D eigenvalue weighted by molar-refractivity contribution is -0.307. The first-order valence-electron chi connectivity index (χ1n) is 12.4. The highest BCUT2D eigenvalue weighted by Crippen LogP contribution is 2.37. The molecule has 3 heterocycles. The predicted octanol–water partition coefficient (Wildman–Crippen LogP) is -1.78. The molecule has 0 bridgehead atoms. The van der Waals surface area contributed by atoms with Crippen molar-refractivity contribution in [1.82, 2.24) is 0 Å². The Balaban J connectivity index is 1.46. The van der Waals surface area contributed by atoms with Crippen LogP contribution in [0.1, 0.15) is 0 Å². The average Bonchev–Trinajstić information content (AvgIpc) is 2.93. The van der Waals surface area contributed by atoms with Crippen molar-refractivity contribution in [2.45, 2.75) is 55.3 Å². The Morgan fingerprint density at radius 1 is 0.805 bits per heavy atom. The van der Waals surface area contributed by atoms with Gasteiger partial charge >= 0.3 is 0 Å². The second-order valence-electron chi connectivity index (χ2n) is 9.69. The number of aliphatic hydroxyl groups excluding tert-OH is 6. The van der Waals surface area contributed by atoms with Crippen LogP contribution in [0.4, 0.5) is 0 Å². The Morgan fingerprint density at radius 2 is 1.49 bits per heavy atom. The van der Waals surface area contributed by atoms with Crippen LogP contribution in [0.5, 0.6) is 23.0 Å². The number of ether oxygens (including phenoxy) is 4. The molecule has 5 rings (SSSR count). The van der Waals surface area contributed by atoms with Gasteiger partial charge in [0, 0.05) is 17.7 Å². The van der Waals surface area contributed by atoms with E-state index in [4.69, 9.17) is 23.4 Å². The normalized spacial score (nSPS) is 32.2. The van der Waals surface area contributed by atoms with E-state index < -0.39 is 84.6 Å². The molecule has 0 unspecified atom stereocenters. The van der Waals surface area contributed by atoms with Crippen molar-refractivity contribution in [2.75, 3.05) is 13.2 Å². The van der Waals surface area contributed by atoms with Crippen LogP contribution in [-0.4, -0.2) is 114 Å². The minimum Gasteiger partial charge on any atom is -0.508 e. The third kappa shape index (κ3) is 5.54. The molecule has 15 nitrogen and oxygen atoms in total. The Kier molecular flexibility index (Phi) is 8.06. The van der Waals surface area contributed by atoms with Crippen LogP contribution in [0.25, 0.3) is 22.3 Å². The molecular weight excluding hydrogens is 552 g/mol. The van der Waals surface area contributed by atoms with Gasteiger partial charge in [-0.15, -0.1) is 0 Å². The summed E-state index contributed by atoms with van der Waals surface area (Å²) in [4.78, 5) is 13.5. The first kappa shape index (κ1) is 29.0. The van der Waals surface area contributed by atoms with Crippen molar-refractivity contribution < 1.29 is 69.3 Å². The maximum atomic E-state index is 13.5. The molecule has 15 heteroatoms. The first-order valence-corrected chi connectivity index (χ1v) is 12.4. The topological polar surface area (TPSA) is 249 Å². The zero-order valence-corrected chi connectivity index (χ0v) is 21.0. The van der Waals surface area contributed by atoms with E-state index >= 15 is 0 Å². The molecule has 2 fully saturated rings. The van der Waals surface area contributed by atoms with Crippen LogP contribution >= 0.6 is 0 Å².